The van der Waals surface area contributed by atoms with Gasteiger partial charge in [-0.25, -0.2) is 4.79 Å². The highest BCUT2D eigenvalue weighted by Crippen LogP contribution is 2.27. The number of benzene rings is 1. The number of nitrogens with zero attached hydrogens (tertiary/aromatic N) is 1. The van der Waals surface area contributed by atoms with Crippen LogP contribution in [0.3, 0.4) is 0 Å². The first kappa shape index (κ1) is 14.0. The number of anilines is 1. The number of nitrogens with one attached hydrogen (secondary N) is 1. The van der Waals surface area contributed by atoms with Gasteiger partial charge in [-0.1, -0.05) is 24.4 Å². The van der Waals surface area contributed by atoms with Crippen LogP contribution in [0.1, 0.15) is 20.8 Å². The average Bonchev–Trinajstić information content (AvgIpc) is 2.21. The number of carbonyl (C=O) groups excluding carboxylic acids is 1. The maximum atomic E-state index is 11.8. The number of thiol groups is 1. The van der Waals surface area contributed by atoms with E-state index in [-0.39, 0.29) is 11.4 Å². The van der Waals surface area contributed by atoms with Crippen LogP contribution in [0.15, 0.2) is 18.2 Å². The van der Waals surface area contributed by atoms with Crippen LogP contribution in [-0.4, -0.2) is 21.0 Å². The first-order valence-electron chi connectivity index (χ1n) is 5.00. The van der Waals surface area contributed by atoms with Crippen molar-refractivity contribution in [1.29, 1.82) is 0 Å². The number of rotatable bonds is 1. The number of hydrogen-bond acceptors (Lipinski definition) is 3. The SMILES string of the molecule is CC(C)(C)N(S)C(=O)Nc1cc(Cl)ccc1O. The molecule has 0 saturated carbocycles. The van der Waals surface area contributed by atoms with Crippen LogP contribution >= 0.6 is 24.4 Å². The molecule has 2 amide bonds. The standard InChI is InChI=1S/C11H15ClN2O2S/c1-11(2,3)14(17)10(16)13-8-6-7(12)4-5-9(8)15/h4-6,15,17H,1-3H3,(H,13,16). The molecule has 6 heteroatoms. The van der Waals surface area contributed by atoms with Gasteiger partial charge in [0.15, 0.2) is 0 Å². The van der Waals surface area contributed by atoms with Crippen LogP contribution in [0.25, 0.3) is 0 Å². The van der Waals surface area contributed by atoms with Crippen LogP contribution in [0, 0.1) is 0 Å². The summed E-state index contributed by atoms with van der Waals surface area (Å²) in [5.41, 5.74) is -0.174. The van der Waals surface area contributed by atoms with E-state index in [1.54, 1.807) is 0 Å². The summed E-state index contributed by atoms with van der Waals surface area (Å²) < 4.78 is 1.24. The number of hydrogen-bond donors (Lipinski definition) is 3. The molecule has 0 spiro atoms. The van der Waals surface area contributed by atoms with Crippen LogP contribution in [0.4, 0.5) is 10.5 Å². The fourth-order valence-corrected chi connectivity index (χ4v) is 1.30. The van der Waals surface area contributed by atoms with E-state index in [1.807, 2.05) is 20.8 Å². The summed E-state index contributed by atoms with van der Waals surface area (Å²) in [5, 5.41) is 12.5. The van der Waals surface area contributed by atoms with E-state index in [4.69, 9.17) is 11.6 Å². The lowest BCUT2D eigenvalue weighted by molar-refractivity contribution is 0.216. The summed E-state index contributed by atoms with van der Waals surface area (Å²) in [5.74, 6) is -0.0432. The Morgan fingerprint density at radius 3 is 2.59 bits per heavy atom. The molecule has 0 saturated heterocycles. The molecular formula is C11H15ClN2O2S. The Bertz CT molecular complexity index is 432. The second-order valence-electron chi connectivity index (χ2n) is 4.57. The van der Waals surface area contributed by atoms with E-state index in [0.717, 1.165) is 0 Å². The molecule has 4 nitrogen and oxygen atoms in total. The molecule has 0 aromatic heterocycles. The lowest BCUT2D eigenvalue weighted by atomic mass is 10.1. The molecule has 0 unspecified atom stereocenters. The topological polar surface area (TPSA) is 52.6 Å². The highest BCUT2D eigenvalue weighted by Gasteiger charge is 2.24. The van der Waals surface area contributed by atoms with Crippen molar-refractivity contribution in [1.82, 2.24) is 4.31 Å². The number of amides is 2. The number of aromatic hydroxyl groups is 1. The summed E-state index contributed by atoms with van der Waals surface area (Å²) in [6, 6.07) is 3.99. The quantitative estimate of drug-likeness (QED) is 0.542. The van der Waals surface area contributed by atoms with Gasteiger partial charge in [0, 0.05) is 10.6 Å². The molecule has 0 fully saturated rings. The van der Waals surface area contributed by atoms with Gasteiger partial charge < -0.3 is 10.4 Å². The minimum atomic E-state index is -0.432. The zero-order chi connectivity index (χ0) is 13.2. The number of carbonyl (C=O) groups is 1. The molecule has 0 atom stereocenters. The molecule has 0 bridgehead atoms. The van der Waals surface area contributed by atoms with Crippen LogP contribution in [-0.2, 0) is 0 Å². The largest absolute Gasteiger partial charge is 0.506 e. The molecule has 17 heavy (non-hydrogen) atoms. The summed E-state index contributed by atoms with van der Waals surface area (Å²) in [4.78, 5) is 11.8. The van der Waals surface area contributed by atoms with Gasteiger partial charge in [0.05, 0.1) is 5.69 Å². The molecule has 1 rings (SSSR count). The van der Waals surface area contributed by atoms with Gasteiger partial charge >= 0.3 is 6.03 Å². The Hall–Kier alpha value is -1.07. The van der Waals surface area contributed by atoms with Gasteiger partial charge in [0.2, 0.25) is 0 Å². The van der Waals surface area contributed by atoms with Crippen molar-refractivity contribution in [2.45, 2.75) is 26.3 Å². The third-order valence-corrected chi connectivity index (χ3v) is 3.04. The van der Waals surface area contributed by atoms with Gasteiger partial charge in [-0.3, -0.25) is 4.31 Å². The lowest BCUT2D eigenvalue weighted by Crippen LogP contribution is -2.41. The Labute approximate surface area is 111 Å². The molecule has 0 aliphatic rings. The molecular weight excluding hydrogens is 260 g/mol. The highest BCUT2D eigenvalue weighted by molar-refractivity contribution is 7.78. The first-order chi connectivity index (χ1) is 7.71. The van der Waals surface area contributed by atoms with Crippen molar-refractivity contribution >= 4 is 36.1 Å². The molecule has 1 aromatic rings. The number of urea groups is 1. The third-order valence-electron chi connectivity index (χ3n) is 2.03. The molecule has 0 heterocycles. The average molecular weight is 275 g/mol. The minimum Gasteiger partial charge on any atom is -0.506 e. The Balaban J connectivity index is 2.85. The van der Waals surface area contributed by atoms with Crippen molar-refractivity contribution in [3.05, 3.63) is 23.2 Å². The third kappa shape index (κ3) is 3.71. The smallest absolute Gasteiger partial charge is 0.332 e. The normalized spacial score (nSPS) is 11.1. The molecule has 0 radical (unpaired) electrons. The number of phenolic OH excluding ortho intramolecular Hbond substituents is 1. The van der Waals surface area contributed by atoms with Gasteiger partial charge in [-0.05, 0) is 39.0 Å². The molecule has 0 aliphatic heterocycles. The molecule has 2 N–H and O–H groups in total. The van der Waals surface area contributed by atoms with Gasteiger partial charge in [-0.2, -0.15) is 0 Å². The van der Waals surface area contributed by atoms with Crippen molar-refractivity contribution in [3.63, 3.8) is 0 Å². The second-order valence-corrected chi connectivity index (χ2v) is 5.41. The number of phenols is 1. The van der Waals surface area contributed by atoms with Crippen molar-refractivity contribution in [2.24, 2.45) is 0 Å². The molecule has 94 valence electrons. The van der Waals surface area contributed by atoms with E-state index < -0.39 is 11.6 Å². The molecule has 1 aromatic carbocycles. The molecule has 0 aliphatic carbocycles. The van der Waals surface area contributed by atoms with Gasteiger partial charge in [0.1, 0.15) is 5.75 Å². The highest BCUT2D eigenvalue weighted by atomic mass is 35.5. The second kappa shape index (κ2) is 5.06. The lowest BCUT2D eigenvalue weighted by Gasteiger charge is -2.30. The summed E-state index contributed by atoms with van der Waals surface area (Å²) in [6.07, 6.45) is 0. The minimum absolute atomic E-state index is 0.0432. The fraction of sp³-hybridized carbons (Fsp3) is 0.364. The maximum absolute atomic E-state index is 11.8. The van der Waals surface area contributed by atoms with Crippen LogP contribution in [0.5, 0.6) is 5.75 Å². The van der Waals surface area contributed by atoms with Crippen LogP contribution in [0.2, 0.25) is 5.02 Å². The maximum Gasteiger partial charge on any atom is 0.332 e. The van der Waals surface area contributed by atoms with Gasteiger partial charge in [-0.15, -0.1) is 0 Å². The van der Waals surface area contributed by atoms with Crippen LogP contribution < -0.4 is 5.32 Å². The fourth-order valence-electron chi connectivity index (χ4n) is 1.08. The Morgan fingerprint density at radius 1 is 1.47 bits per heavy atom. The predicted molar refractivity (Wildman–Crippen MR) is 72.7 cm³/mol. The predicted octanol–water partition coefficient (Wildman–Crippen LogP) is 3.52. The van der Waals surface area contributed by atoms with E-state index in [1.165, 1.54) is 22.5 Å². The Kier molecular flexibility index (Phi) is 4.16. The summed E-state index contributed by atoms with van der Waals surface area (Å²) in [6.45, 7) is 5.53. The van der Waals surface area contributed by atoms with E-state index in [2.05, 4.69) is 18.1 Å². The summed E-state index contributed by atoms with van der Waals surface area (Å²) >= 11 is 9.88. The van der Waals surface area contributed by atoms with Crippen molar-refractivity contribution < 1.29 is 9.90 Å². The van der Waals surface area contributed by atoms with Crippen molar-refractivity contribution in [3.8, 4) is 5.75 Å². The number of halogens is 1. The van der Waals surface area contributed by atoms with E-state index in [9.17, 15) is 9.90 Å². The van der Waals surface area contributed by atoms with E-state index >= 15 is 0 Å². The zero-order valence-electron chi connectivity index (χ0n) is 9.86. The monoisotopic (exact) mass is 274 g/mol. The van der Waals surface area contributed by atoms with Gasteiger partial charge in [0.25, 0.3) is 0 Å². The van der Waals surface area contributed by atoms with Crippen molar-refractivity contribution in [2.75, 3.05) is 5.32 Å². The van der Waals surface area contributed by atoms with E-state index in [0.29, 0.717) is 5.02 Å². The Morgan fingerprint density at radius 2 is 2.06 bits per heavy atom. The zero-order valence-corrected chi connectivity index (χ0v) is 11.5. The first-order valence-corrected chi connectivity index (χ1v) is 5.78. The summed E-state index contributed by atoms with van der Waals surface area (Å²) in [7, 11) is 0.